The Kier molecular flexibility index (Phi) is 6.01. The highest BCUT2D eigenvalue weighted by Gasteiger charge is 2.20. The molecule has 3 aromatic rings. The van der Waals surface area contributed by atoms with Crippen LogP contribution in [-0.2, 0) is 13.0 Å². The number of nitrogens with zero attached hydrogens (tertiary/aromatic N) is 2. The fourth-order valence-corrected chi connectivity index (χ4v) is 4.13. The zero-order valence-electron chi connectivity index (χ0n) is 16.5. The summed E-state index contributed by atoms with van der Waals surface area (Å²) in [5, 5.41) is 9.40. The lowest BCUT2D eigenvalue weighted by molar-refractivity contribution is 0.0697. The molecule has 1 aliphatic heterocycles. The van der Waals surface area contributed by atoms with Crippen LogP contribution < -0.4 is 0 Å². The minimum atomic E-state index is -0.891. The van der Waals surface area contributed by atoms with E-state index in [-0.39, 0.29) is 0 Å². The first-order chi connectivity index (χ1) is 14.2. The van der Waals surface area contributed by atoms with E-state index in [1.807, 2.05) is 36.5 Å². The Labute approximate surface area is 171 Å². The molecule has 4 rings (SSSR count). The summed E-state index contributed by atoms with van der Waals surface area (Å²) < 4.78 is 0. The number of carbonyl (C=O) groups is 1. The fourth-order valence-electron chi connectivity index (χ4n) is 4.13. The summed E-state index contributed by atoms with van der Waals surface area (Å²) in [6, 6.07) is 21.6. The number of pyridine rings is 1. The second-order valence-electron chi connectivity index (χ2n) is 7.79. The number of aromatic carboxylic acids is 1. The van der Waals surface area contributed by atoms with Crippen LogP contribution >= 0.6 is 0 Å². The van der Waals surface area contributed by atoms with Gasteiger partial charge in [-0.3, -0.25) is 9.88 Å². The molecule has 0 atom stereocenters. The quantitative estimate of drug-likeness (QED) is 0.655. The van der Waals surface area contributed by atoms with Crippen LogP contribution in [0, 0.1) is 5.92 Å². The molecule has 1 saturated heterocycles. The van der Waals surface area contributed by atoms with Crippen LogP contribution in [0.4, 0.5) is 0 Å². The molecule has 0 aliphatic carbocycles. The third kappa shape index (κ3) is 4.90. The molecule has 0 spiro atoms. The molecule has 2 aromatic carbocycles. The van der Waals surface area contributed by atoms with Crippen molar-refractivity contribution in [2.45, 2.75) is 25.8 Å². The second kappa shape index (κ2) is 9.01. The first-order valence-electron chi connectivity index (χ1n) is 10.2. The molecule has 1 fully saturated rings. The Morgan fingerprint density at radius 3 is 2.38 bits per heavy atom. The van der Waals surface area contributed by atoms with Gasteiger partial charge in [0.25, 0.3) is 0 Å². The van der Waals surface area contributed by atoms with Crippen molar-refractivity contribution in [1.29, 1.82) is 0 Å². The largest absolute Gasteiger partial charge is 0.478 e. The maximum atomic E-state index is 11.5. The van der Waals surface area contributed by atoms with Crippen molar-refractivity contribution in [2.75, 3.05) is 13.1 Å². The highest BCUT2D eigenvalue weighted by atomic mass is 16.4. The number of hydrogen-bond donors (Lipinski definition) is 1. The summed E-state index contributed by atoms with van der Waals surface area (Å²) >= 11 is 0. The van der Waals surface area contributed by atoms with Crippen molar-refractivity contribution in [3.63, 3.8) is 0 Å². The van der Waals surface area contributed by atoms with Gasteiger partial charge >= 0.3 is 5.97 Å². The summed E-state index contributed by atoms with van der Waals surface area (Å²) in [4.78, 5) is 18.4. The molecular weight excluding hydrogens is 360 g/mol. The van der Waals surface area contributed by atoms with Gasteiger partial charge in [-0.1, -0.05) is 48.5 Å². The number of piperidine rings is 1. The Balaban J connectivity index is 1.34. The van der Waals surface area contributed by atoms with Crippen molar-refractivity contribution in [3.8, 4) is 11.1 Å². The van der Waals surface area contributed by atoms with Crippen LogP contribution in [0.3, 0.4) is 0 Å². The van der Waals surface area contributed by atoms with E-state index in [0.717, 1.165) is 43.1 Å². The van der Waals surface area contributed by atoms with E-state index in [9.17, 15) is 9.90 Å². The molecule has 148 valence electrons. The Hall–Kier alpha value is -2.98. The normalized spacial score (nSPS) is 15.3. The topological polar surface area (TPSA) is 53.4 Å². The second-order valence-corrected chi connectivity index (χ2v) is 7.79. The lowest BCUT2D eigenvalue weighted by Gasteiger charge is -2.32. The van der Waals surface area contributed by atoms with E-state index < -0.39 is 5.97 Å². The van der Waals surface area contributed by atoms with E-state index in [4.69, 9.17) is 0 Å². The van der Waals surface area contributed by atoms with Gasteiger partial charge in [0.05, 0.1) is 5.56 Å². The summed E-state index contributed by atoms with van der Waals surface area (Å²) in [7, 11) is 0. The van der Waals surface area contributed by atoms with Crippen LogP contribution in [0.2, 0.25) is 0 Å². The number of rotatable bonds is 6. The van der Waals surface area contributed by atoms with Gasteiger partial charge in [0.2, 0.25) is 0 Å². The first kappa shape index (κ1) is 19.3. The van der Waals surface area contributed by atoms with Gasteiger partial charge in [0.15, 0.2) is 0 Å². The van der Waals surface area contributed by atoms with Gasteiger partial charge in [0.1, 0.15) is 0 Å². The molecule has 1 aromatic heterocycles. The Bertz CT molecular complexity index is 946. The van der Waals surface area contributed by atoms with Crippen LogP contribution in [0.25, 0.3) is 11.1 Å². The predicted molar refractivity (Wildman–Crippen MR) is 115 cm³/mol. The van der Waals surface area contributed by atoms with Gasteiger partial charge in [0, 0.05) is 18.4 Å². The zero-order valence-corrected chi connectivity index (χ0v) is 16.5. The van der Waals surface area contributed by atoms with Gasteiger partial charge < -0.3 is 5.11 Å². The van der Waals surface area contributed by atoms with Crippen LogP contribution in [0.5, 0.6) is 0 Å². The Morgan fingerprint density at radius 1 is 0.966 bits per heavy atom. The van der Waals surface area contributed by atoms with Gasteiger partial charge in [-0.05, 0) is 73.2 Å². The molecule has 4 nitrogen and oxygen atoms in total. The van der Waals surface area contributed by atoms with E-state index in [1.165, 1.54) is 24.1 Å². The third-order valence-electron chi connectivity index (χ3n) is 5.76. The maximum Gasteiger partial charge on any atom is 0.336 e. The monoisotopic (exact) mass is 386 g/mol. The smallest absolute Gasteiger partial charge is 0.336 e. The standard InChI is InChI=1S/C25H26N2O2/c28-25(29)24-7-2-1-6-23(24)21-10-8-20(9-11-21)18-27-15-12-19(13-16-27)17-22-5-3-4-14-26-22/h1-11,14,19H,12-13,15-18H2,(H,28,29). The molecule has 1 aliphatic rings. The molecule has 29 heavy (non-hydrogen) atoms. The zero-order chi connectivity index (χ0) is 20.1. The number of carboxylic acid groups (broad SMARTS) is 1. The molecule has 0 unspecified atom stereocenters. The van der Waals surface area contributed by atoms with Gasteiger partial charge in [-0.15, -0.1) is 0 Å². The van der Waals surface area contributed by atoms with Crippen molar-refractivity contribution < 1.29 is 9.90 Å². The van der Waals surface area contributed by atoms with E-state index >= 15 is 0 Å². The molecule has 0 amide bonds. The number of likely N-dealkylation sites (tertiary alicyclic amines) is 1. The molecular formula is C25H26N2O2. The number of carboxylic acids is 1. The molecule has 1 N–H and O–H groups in total. The molecule has 0 radical (unpaired) electrons. The fraction of sp³-hybridized carbons (Fsp3) is 0.280. The molecule has 4 heteroatoms. The van der Waals surface area contributed by atoms with Crippen LogP contribution in [0.1, 0.15) is 34.5 Å². The Morgan fingerprint density at radius 2 is 1.69 bits per heavy atom. The highest BCUT2D eigenvalue weighted by molar-refractivity contribution is 5.95. The van der Waals surface area contributed by atoms with Gasteiger partial charge in [-0.25, -0.2) is 4.79 Å². The van der Waals surface area contributed by atoms with Gasteiger partial charge in [-0.2, -0.15) is 0 Å². The van der Waals surface area contributed by atoms with Crippen molar-refractivity contribution in [1.82, 2.24) is 9.88 Å². The summed E-state index contributed by atoms with van der Waals surface area (Å²) in [5.41, 5.74) is 4.52. The summed E-state index contributed by atoms with van der Waals surface area (Å²) in [5.74, 6) is -0.172. The lowest BCUT2D eigenvalue weighted by Crippen LogP contribution is -2.33. The lowest BCUT2D eigenvalue weighted by atomic mass is 9.91. The van der Waals surface area contributed by atoms with E-state index in [0.29, 0.717) is 5.56 Å². The van der Waals surface area contributed by atoms with Crippen molar-refractivity contribution in [2.24, 2.45) is 5.92 Å². The minimum absolute atomic E-state index is 0.343. The predicted octanol–water partition coefficient (Wildman–Crippen LogP) is 4.90. The number of aromatic nitrogens is 1. The van der Waals surface area contributed by atoms with Crippen LogP contribution in [-0.4, -0.2) is 34.0 Å². The number of hydrogen-bond acceptors (Lipinski definition) is 3. The molecule has 2 heterocycles. The van der Waals surface area contributed by atoms with E-state index in [2.05, 4.69) is 34.1 Å². The summed E-state index contributed by atoms with van der Waals surface area (Å²) in [6.45, 7) is 3.17. The average molecular weight is 386 g/mol. The maximum absolute atomic E-state index is 11.5. The van der Waals surface area contributed by atoms with E-state index in [1.54, 1.807) is 12.1 Å². The summed E-state index contributed by atoms with van der Waals surface area (Å²) in [6.07, 6.45) is 5.37. The molecule has 0 saturated carbocycles. The van der Waals surface area contributed by atoms with Crippen molar-refractivity contribution >= 4 is 5.97 Å². The minimum Gasteiger partial charge on any atom is -0.478 e. The average Bonchev–Trinajstić information content (AvgIpc) is 2.76. The SMILES string of the molecule is O=C(O)c1ccccc1-c1ccc(CN2CCC(Cc3ccccn3)CC2)cc1. The van der Waals surface area contributed by atoms with Crippen molar-refractivity contribution in [3.05, 3.63) is 89.7 Å². The first-order valence-corrected chi connectivity index (χ1v) is 10.2. The highest BCUT2D eigenvalue weighted by Crippen LogP contribution is 2.26. The molecule has 0 bridgehead atoms. The third-order valence-corrected chi connectivity index (χ3v) is 5.76. The number of benzene rings is 2. The van der Waals surface area contributed by atoms with Crippen LogP contribution in [0.15, 0.2) is 72.9 Å².